The van der Waals surface area contributed by atoms with E-state index in [2.05, 4.69) is 55.6 Å². The Bertz CT molecular complexity index is 1230. The Balaban J connectivity index is 3.49. The minimum Gasteiger partial charge on any atom is -0.466 e. The monoisotopic (exact) mass is 1020 g/mol. The van der Waals surface area contributed by atoms with Gasteiger partial charge in [-0.25, -0.2) is 0 Å². The molecule has 0 spiro atoms. The van der Waals surface area contributed by atoms with E-state index in [1.54, 1.807) is 6.08 Å². The van der Waals surface area contributed by atoms with Crippen molar-refractivity contribution in [3.63, 3.8) is 0 Å². The Morgan fingerprint density at radius 1 is 0.384 bits per heavy atom. The lowest BCUT2D eigenvalue weighted by Crippen LogP contribution is -2.45. The van der Waals surface area contributed by atoms with Crippen LogP contribution in [0.5, 0.6) is 0 Å². The normalized spacial score (nSPS) is 12.9. The Morgan fingerprint density at radius 2 is 0.685 bits per heavy atom. The lowest BCUT2D eigenvalue weighted by atomic mass is 10.0. The van der Waals surface area contributed by atoms with Crippen molar-refractivity contribution in [3.8, 4) is 0 Å². The van der Waals surface area contributed by atoms with Crippen LogP contribution in [0.1, 0.15) is 341 Å². The van der Waals surface area contributed by atoms with Crippen LogP contribution in [0.15, 0.2) is 48.6 Å². The highest BCUT2D eigenvalue weighted by molar-refractivity contribution is 5.76. The predicted octanol–water partition coefficient (Wildman–Crippen LogP) is 20.5. The molecular weight excluding hydrogens is 899 g/mol. The van der Waals surface area contributed by atoms with Crippen LogP contribution in [-0.4, -0.2) is 47.4 Å². The minimum absolute atomic E-state index is 0.00287. The number of hydrogen-bond acceptors (Lipinski definition) is 5. The topological polar surface area (TPSA) is 95.9 Å². The van der Waals surface area contributed by atoms with E-state index < -0.39 is 12.1 Å². The van der Waals surface area contributed by atoms with Gasteiger partial charge in [0.2, 0.25) is 5.91 Å². The molecule has 0 aliphatic heterocycles. The zero-order valence-electron chi connectivity index (χ0n) is 48.9. The molecule has 0 heterocycles. The second-order valence-corrected chi connectivity index (χ2v) is 22.1. The molecule has 0 rings (SSSR count). The first-order valence-corrected chi connectivity index (χ1v) is 32.4. The summed E-state index contributed by atoms with van der Waals surface area (Å²) in [5, 5.41) is 23.2. The summed E-state index contributed by atoms with van der Waals surface area (Å²) in [7, 11) is 0. The molecule has 3 N–H and O–H groups in total. The summed E-state index contributed by atoms with van der Waals surface area (Å²) < 4.78 is 5.47. The van der Waals surface area contributed by atoms with Crippen molar-refractivity contribution in [2.75, 3.05) is 13.2 Å². The molecule has 428 valence electrons. The first kappa shape index (κ1) is 70.8. The highest BCUT2D eigenvalue weighted by Gasteiger charge is 2.18. The van der Waals surface area contributed by atoms with Crippen molar-refractivity contribution < 1.29 is 24.5 Å². The van der Waals surface area contributed by atoms with Gasteiger partial charge in [0, 0.05) is 12.8 Å². The molecule has 0 radical (unpaired) electrons. The Labute approximate surface area is 455 Å². The van der Waals surface area contributed by atoms with Crippen LogP contribution in [0, 0.1) is 0 Å². The number of rotatable bonds is 60. The van der Waals surface area contributed by atoms with E-state index in [1.807, 2.05) is 6.08 Å². The smallest absolute Gasteiger partial charge is 0.305 e. The van der Waals surface area contributed by atoms with Gasteiger partial charge in [0.05, 0.1) is 25.4 Å². The van der Waals surface area contributed by atoms with Gasteiger partial charge in [0.1, 0.15) is 0 Å². The average Bonchev–Trinajstić information content (AvgIpc) is 3.39. The zero-order chi connectivity index (χ0) is 52.9. The Kier molecular flexibility index (Phi) is 60.5. The third kappa shape index (κ3) is 58.9. The number of carbonyl (C=O) groups is 2. The minimum atomic E-state index is -0.853. The predicted molar refractivity (Wildman–Crippen MR) is 319 cm³/mol. The van der Waals surface area contributed by atoms with Crippen molar-refractivity contribution in [2.45, 2.75) is 353 Å². The summed E-state index contributed by atoms with van der Waals surface area (Å²) in [6.45, 7) is 4.89. The SMILES string of the molecule is CCCCCC/C=C\CCCCCCCC(=O)OCCCCCCCCCCC/C=C\C/C=C\CCCCCCCCCC(=O)NC(CO)C(O)/C=C/CCCCCCCCCCCCCCCCCCCC. The van der Waals surface area contributed by atoms with Crippen LogP contribution in [0.25, 0.3) is 0 Å². The van der Waals surface area contributed by atoms with Gasteiger partial charge in [-0.05, 0) is 89.9 Å². The van der Waals surface area contributed by atoms with Gasteiger partial charge in [0.15, 0.2) is 0 Å². The fraction of sp³-hybridized carbons (Fsp3) is 0.851. The third-order valence-electron chi connectivity index (χ3n) is 14.8. The summed E-state index contributed by atoms with van der Waals surface area (Å²) in [6.07, 6.45) is 80.1. The molecule has 0 aliphatic rings. The van der Waals surface area contributed by atoms with Gasteiger partial charge in [-0.1, -0.05) is 287 Å². The number of nitrogens with one attached hydrogen (secondary N) is 1. The average molecular weight is 1020 g/mol. The van der Waals surface area contributed by atoms with Crippen LogP contribution < -0.4 is 5.32 Å². The molecule has 2 unspecified atom stereocenters. The molecule has 0 bridgehead atoms. The number of unbranched alkanes of at least 4 members (excludes halogenated alkanes) is 43. The Hall–Kier alpha value is -2.18. The van der Waals surface area contributed by atoms with Gasteiger partial charge in [-0.3, -0.25) is 9.59 Å². The summed E-state index contributed by atoms with van der Waals surface area (Å²) >= 11 is 0. The van der Waals surface area contributed by atoms with Gasteiger partial charge in [-0.2, -0.15) is 0 Å². The van der Waals surface area contributed by atoms with Gasteiger partial charge < -0.3 is 20.3 Å². The number of amides is 1. The van der Waals surface area contributed by atoms with Crippen molar-refractivity contribution in [2.24, 2.45) is 0 Å². The molecule has 0 aliphatic carbocycles. The molecular formula is C67H125NO5. The Morgan fingerprint density at radius 3 is 1.07 bits per heavy atom. The molecule has 0 aromatic rings. The van der Waals surface area contributed by atoms with E-state index in [-0.39, 0.29) is 18.5 Å². The molecule has 6 nitrogen and oxygen atoms in total. The van der Waals surface area contributed by atoms with Crippen molar-refractivity contribution in [1.29, 1.82) is 0 Å². The second-order valence-electron chi connectivity index (χ2n) is 22.1. The maximum absolute atomic E-state index is 12.5. The summed E-state index contributed by atoms with van der Waals surface area (Å²) in [6, 6.07) is -0.637. The number of esters is 1. The number of allylic oxidation sites excluding steroid dienone is 7. The molecule has 0 saturated carbocycles. The maximum Gasteiger partial charge on any atom is 0.305 e. The highest BCUT2D eigenvalue weighted by Crippen LogP contribution is 2.17. The molecule has 0 fully saturated rings. The molecule has 73 heavy (non-hydrogen) atoms. The molecule has 0 aromatic carbocycles. The van der Waals surface area contributed by atoms with E-state index >= 15 is 0 Å². The van der Waals surface area contributed by atoms with Crippen LogP contribution in [0.3, 0.4) is 0 Å². The summed E-state index contributed by atoms with van der Waals surface area (Å²) in [5.41, 5.74) is 0. The molecule has 1 amide bonds. The second kappa shape index (κ2) is 62.4. The lowest BCUT2D eigenvalue weighted by Gasteiger charge is -2.20. The fourth-order valence-corrected chi connectivity index (χ4v) is 9.84. The first-order valence-electron chi connectivity index (χ1n) is 32.4. The lowest BCUT2D eigenvalue weighted by molar-refractivity contribution is -0.143. The van der Waals surface area contributed by atoms with Crippen LogP contribution in [0.2, 0.25) is 0 Å². The summed E-state index contributed by atoms with van der Waals surface area (Å²) in [5.74, 6) is -0.0793. The van der Waals surface area contributed by atoms with Crippen molar-refractivity contribution in [3.05, 3.63) is 48.6 Å². The van der Waals surface area contributed by atoms with Crippen LogP contribution in [0.4, 0.5) is 0 Å². The van der Waals surface area contributed by atoms with Gasteiger partial charge in [-0.15, -0.1) is 0 Å². The molecule has 0 aromatic heterocycles. The zero-order valence-corrected chi connectivity index (χ0v) is 48.9. The largest absolute Gasteiger partial charge is 0.466 e. The number of carbonyl (C=O) groups excluding carboxylic acids is 2. The number of ether oxygens (including phenoxy) is 1. The molecule has 2 atom stereocenters. The van der Waals surface area contributed by atoms with Crippen LogP contribution >= 0.6 is 0 Å². The maximum atomic E-state index is 12.5. The third-order valence-corrected chi connectivity index (χ3v) is 14.8. The van der Waals surface area contributed by atoms with E-state index in [9.17, 15) is 19.8 Å². The van der Waals surface area contributed by atoms with Crippen molar-refractivity contribution >= 4 is 11.9 Å². The van der Waals surface area contributed by atoms with E-state index in [1.165, 1.54) is 250 Å². The molecule has 6 heteroatoms. The summed E-state index contributed by atoms with van der Waals surface area (Å²) in [4.78, 5) is 24.5. The molecule has 0 saturated heterocycles. The van der Waals surface area contributed by atoms with Gasteiger partial charge in [0.25, 0.3) is 0 Å². The number of hydrogen-bond donors (Lipinski definition) is 3. The number of aliphatic hydroxyl groups is 2. The fourth-order valence-electron chi connectivity index (χ4n) is 9.84. The van der Waals surface area contributed by atoms with Gasteiger partial charge >= 0.3 is 5.97 Å². The van der Waals surface area contributed by atoms with Crippen molar-refractivity contribution in [1.82, 2.24) is 5.32 Å². The van der Waals surface area contributed by atoms with E-state index in [0.717, 1.165) is 64.2 Å². The quantitative estimate of drug-likeness (QED) is 0.0320. The van der Waals surface area contributed by atoms with E-state index in [0.29, 0.717) is 19.4 Å². The van der Waals surface area contributed by atoms with Crippen LogP contribution in [-0.2, 0) is 14.3 Å². The highest BCUT2D eigenvalue weighted by atomic mass is 16.5. The first-order chi connectivity index (χ1) is 36.0. The standard InChI is InChI=1S/C67H125NO5/c1-3-5-7-9-11-13-15-17-18-19-20-26-29-32-36-39-43-47-51-55-59-65(70)64(63-69)68-66(71)60-56-52-48-44-40-37-33-30-27-24-22-21-23-25-28-31-34-38-42-46-50-54-58-62-73-67(72)61-57-53-49-45-41-35-16-14-12-10-8-6-4-2/h14,16,21,23-24,27,55,59,64-65,69-70H,3-13,15,17-20,22,25-26,28-54,56-58,60-63H2,1-2H3,(H,68,71)/b16-14-,23-21-,27-24-,59-55+. The number of aliphatic hydroxyl groups excluding tert-OH is 2. The van der Waals surface area contributed by atoms with E-state index in [4.69, 9.17) is 4.74 Å².